The van der Waals surface area contributed by atoms with Crippen molar-refractivity contribution in [3.05, 3.63) is 47.2 Å². The fourth-order valence-corrected chi connectivity index (χ4v) is 2.04. The first kappa shape index (κ1) is 14.5. The van der Waals surface area contributed by atoms with Crippen LogP contribution in [0.1, 0.15) is 31.0 Å². The molecular formula is C15H19F2N3. The van der Waals surface area contributed by atoms with Gasteiger partial charge >= 0.3 is 0 Å². The van der Waals surface area contributed by atoms with Gasteiger partial charge in [-0.1, -0.05) is 13.3 Å². The third kappa shape index (κ3) is 3.79. The second-order valence-electron chi connectivity index (χ2n) is 4.88. The van der Waals surface area contributed by atoms with Crippen molar-refractivity contribution in [2.24, 2.45) is 0 Å². The van der Waals surface area contributed by atoms with Crippen LogP contribution in [0, 0.1) is 18.6 Å². The maximum absolute atomic E-state index is 13.1. The molecule has 0 fully saturated rings. The highest BCUT2D eigenvalue weighted by Crippen LogP contribution is 2.13. The third-order valence-electron chi connectivity index (χ3n) is 3.10. The van der Waals surface area contributed by atoms with Crippen LogP contribution < -0.4 is 5.32 Å². The summed E-state index contributed by atoms with van der Waals surface area (Å²) in [6, 6.07) is 5.44. The number of nitrogens with zero attached hydrogens (tertiary/aromatic N) is 2. The van der Waals surface area contributed by atoms with Crippen LogP contribution in [-0.4, -0.2) is 9.78 Å². The molecule has 1 aromatic carbocycles. The summed E-state index contributed by atoms with van der Waals surface area (Å²) in [5, 5.41) is 7.51. The summed E-state index contributed by atoms with van der Waals surface area (Å²) in [6.07, 6.45) is 2.20. The Balaban J connectivity index is 2.00. The molecule has 0 amide bonds. The van der Waals surface area contributed by atoms with Gasteiger partial charge in [0.25, 0.3) is 0 Å². The summed E-state index contributed by atoms with van der Waals surface area (Å²) >= 11 is 0. The highest BCUT2D eigenvalue weighted by molar-refractivity contribution is 5.37. The van der Waals surface area contributed by atoms with Crippen LogP contribution >= 0.6 is 0 Å². The van der Waals surface area contributed by atoms with Crippen LogP contribution in [0.4, 0.5) is 14.6 Å². The average Bonchev–Trinajstić information content (AvgIpc) is 2.73. The SMILES string of the molecule is CCCCn1nc(NCc2cc(F)cc(F)c2)cc1C. The Bertz CT molecular complexity index is 558. The van der Waals surface area contributed by atoms with E-state index in [9.17, 15) is 8.78 Å². The van der Waals surface area contributed by atoms with Crippen molar-refractivity contribution in [1.82, 2.24) is 9.78 Å². The van der Waals surface area contributed by atoms with E-state index in [1.54, 1.807) is 0 Å². The number of unbranched alkanes of at least 4 members (excludes halogenated alkanes) is 1. The smallest absolute Gasteiger partial charge is 0.148 e. The first-order valence-electron chi connectivity index (χ1n) is 6.82. The fraction of sp³-hybridized carbons (Fsp3) is 0.400. The van der Waals surface area contributed by atoms with Gasteiger partial charge in [0.05, 0.1) is 0 Å². The van der Waals surface area contributed by atoms with Crippen LogP contribution in [0.3, 0.4) is 0 Å². The van der Waals surface area contributed by atoms with Crippen molar-refractivity contribution in [3.63, 3.8) is 0 Å². The summed E-state index contributed by atoms with van der Waals surface area (Å²) in [6.45, 7) is 5.36. The Morgan fingerprint density at radius 1 is 1.15 bits per heavy atom. The monoisotopic (exact) mass is 279 g/mol. The Morgan fingerprint density at radius 2 is 1.85 bits per heavy atom. The number of hydrogen-bond donors (Lipinski definition) is 1. The predicted molar refractivity (Wildman–Crippen MR) is 75.6 cm³/mol. The normalized spacial score (nSPS) is 10.8. The number of rotatable bonds is 6. The number of benzene rings is 1. The van der Waals surface area contributed by atoms with Gasteiger partial charge in [0, 0.05) is 30.9 Å². The van der Waals surface area contributed by atoms with E-state index in [2.05, 4.69) is 17.3 Å². The van der Waals surface area contributed by atoms with E-state index in [1.807, 2.05) is 17.7 Å². The lowest BCUT2D eigenvalue weighted by atomic mass is 10.2. The van der Waals surface area contributed by atoms with Gasteiger partial charge in [0.15, 0.2) is 0 Å². The lowest BCUT2D eigenvalue weighted by molar-refractivity contribution is 0.560. The Morgan fingerprint density at radius 3 is 2.50 bits per heavy atom. The molecule has 0 aliphatic rings. The third-order valence-corrected chi connectivity index (χ3v) is 3.10. The molecule has 0 atom stereocenters. The van der Waals surface area contributed by atoms with Crippen molar-refractivity contribution in [1.29, 1.82) is 0 Å². The molecule has 0 saturated carbocycles. The molecule has 0 bridgehead atoms. The van der Waals surface area contributed by atoms with Gasteiger partial charge in [-0.3, -0.25) is 4.68 Å². The molecule has 1 aromatic heterocycles. The molecule has 5 heteroatoms. The topological polar surface area (TPSA) is 29.9 Å². The zero-order valence-electron chi connectivity index (χ0n) is 11.8. The Kier molecular flexibility index (Phi) is 4.71. The van der Waals surface area contributed by atoms with E-state index in [1.165, 1.54) is 12.1 Å². The second-order valence-corrected chi connectivity index (χ2v) is 4.88. The summed E-state index contributed by atoms with van der Waals surface area (Å²) in [7, 11) is 0. The zero-order valence-corrected chi connectivity index (χ0v) is 11.8. The van der Waals surface area contributed by atoms with E-state index in [4.69, 9.17) is 0 Å². The molecule has 1 heterocycles. The lowest BCUT2D eigenvalue weighted by Gasteiger charge is -2.04. The lowest BCUT2D eigenvalue weighted by Crippen LogP contribution is -2.04. The maximum Gasteiger partial charge on any atom is 0.148 e. The molecule has 0 saturated heterocycles. The van der Waals surface area contributed by atoms with Crippen LogP contribution in [0.5, 0.6) is 0 Å². The summed E-state index contributed by atoms with van der Waals surface area (Å²) in [5.41, 5.74) is 1.63. The van der Waals surface area contributed by atoms with Gasteiger partial charge in [-0.05, 0) is 31.0 Å². The minimum absolute atomic E-state index is 0.346. The summed E-state index contributed by atoms with van der Waals surface area (Å²) in [5.74, 6) is -0.402. The van der Waals surface area contributed by atoms with Crippen molar-refractivity contribution >= 4 is 5.82 Å². The number of hydrogen-bond acceptors (Lipinski definition) is 2. The highest BCUT2D eigenvalue weighted by atomic mass is 19.1. The number of aryl methyl sites for hydroxylation is 2. The van der Waals surface area contributed by atoms with Gasteiger partial charge in [-0.15, -0.1) is 0 Å². The molecule has 0 aliphatic heterocycles. The van der Waals surface area contributed by atoms with Crippen molar-refractivity contribution < 1.29 is 8.78 Å². The minimum Gasteiger partial charge on any atom is -0.365 e. The van der Waals surface area contributed by atoms with Crippen LogP contribution in [0.2, 0.25) is 0 Å². The van der Waals surface area contributed by atoms with Crippen molar-refractivity contribution in [2.45, 2.75) is 39.8 Å². The van der Waals surface area contributed by atoms with Crippen molar-refractivity contribution in [3.8, 4) is 0 Å². The van der Waals surface area contributed by atoms with E-state index < -0.39 is 11.6 Å². The standard InChI is InChI=1S/C15H19F2N3/c1-3-4-5-20-11(2)6-15(19-20)18-10-12-7-13(16)9-14(17)8-12/h6-9H,3-5,10H2,1-2H3,(H,18,19). The minimum atomic E-state index is -0.563. The molecule has 0 unspecified atom stereocenters. The summed E-state index contributed by atoms with van der Waals surface area (Å²) < 4.78 is 28.1. The van der Waals surface area contributed by atoms with Crippen molar-refractivity contribution in [2.75, 3.05) is 5.32 Å². The first-order chi connectivity index (χ1) is 9.58. The van der Waals surface area contributed by atoms with Crippen LogP contribution in [-0.2, 0) is 13.1 Å². The summed E-state index contributed by atoms with van der Waals surface area (Å²) in [4.78, 5) is 0. The van der Waals surface area contributed by atoms with Gasteiger partial charge in [0.1, 0.15) is 17.5 Å². The fourth-order valence-electron chi connectivity index (χ4n) is 2.04. The molecule has 0 aliphatic carbocycles. The number of nitrogens with one attached hydrogen (secondary N) is 1. The average molecular weight is 279 g/mol. The number of halogens is 2. The maximum atomic E-state index is 13.1. The molecule has 0 radical (unpaired) electrons. The molecule has 2 aromatic rings. The number of anilines is 1. The van der Waals surface area contributed by atoms with Gasteiger partial charge in [-0.25, -0.2) is 8.78 Å². The van der Waals surface area contributed by atoms with E-state index in [0.29, 0.717) is 12.1 Å². The molecular weight excluding hydrogens is 260 g/mol. The molecule has 20 heavy (non-hydrogen) atoms. The van der Waals surface area contributed by atoms with E-state index in [-0.39, 0.29) is 0 Å². The largest absolute Gasteiger partial charge is 0.365 e. The molecule has 3 nitrogen and oxygen atoms in total. The van der Waals surface area contributed by atoms with E-state index in [0.717, 1.165) is 37.0 Å². The number of aromatic nitrogens is 2. The van der Waals surface area contributed by atoms with Gasteiger partial charge in [0.2, 0.25) is 0 Å². The van der Waals surface area contributed by atoms with Gasteiger partial charge < -0.3 is 5.32 Å². The zero-order chi connectivity index (χ0) is 14.5. The van der Waals surface area contributed by atoms with E-state index >= 15 is 0 Å². The van der Waals surface area contributed by atoms with Gasteiger partial charge in [-0.2, -0.15) is 5.10 Å². The van der Waals surface area contributed by atoms with Crippen LogP contribution in [0.25, 0.3) is 0 Å². The first-order valence-corrected chi connectivity index (χ1v) is 6.82. The predicted octanol–water partition coefficient (Wildman–Crippen LogP) is 3.88. The van der Waals surface area contributed by atoms with Crippen LogP contribution in [0.15, 0.2) is 24.3 Å². The molecule has 2 rings (SSSR count). The quantitative estimate of drug-likeness (QED) is 0.869. The Hall–Kier alpha value is -1.91. The highest BCUT2D eigenvalue weighted by Gasteiger charge is 2.05. The molecule has 0 spiro atoms. The molecule has 1 N–H and O–H groups in total. The Labute approximate surface area is 117 Å². The molecule has 108 valence electrons. The second kappa shape index (κ2) is 6.50.